The van der Waals surface area contributed by atoms with E-state index in [0.717, 1.165) is 30.2 Å². The number of hydrogen-bond donors (Lipinski definition) is 1. The first-order chi connectivity index (χ1) is 10.2. The molecule has 1 aromatic carbocycles. The molecule has 0 bridgehead atoms. The number of carbonyl (C=O) groups excluding carboxylic acids is 1. The van der Waals surface area contributed by atoms with E-state index in [-0.39, 0.29) is 11.9 Å². The number of benzene rings is 1. The molecule has 110 valence electrons. The summed E-state index contributed by atoms with van der Waals surface area (Å²) in [7, 11) is 1.89. The number of hydrogen-bond acceptors (Lipinski definition) is 3. The quantitative estimate of drug-likeness (QED) is 0.941. The minimum atomic E-state index is 0.0460. The maximum atomic E-state index is 12.9. The van der Waals surface area contributed by atoms with E-state index in [1.165, 1.54) is 0 Å². The molecule has 1 saturated carbocycles. The number of rotatable bonds is 3. The first kappa shape index (κ1) is 14.0. The van der Waals surface area contributed by atoms with Gasteiger partial charge in [0.1, 0.15) is 0 Å². The Bertz CT molecular complexity index is 650. The van der Waals surface area contributed by atoms with Crippen molar-refractivity contribution in [3.63, 3.8) is 0 Å². The molecule has 0 spiro atoms. The zero-order valence-electron chi connectivity index (χ0n) is 12.3. The molecular weight excluding hydrogens is 262 g/mol. The number of pyridine rings is 1. The summed E-state index contributed by atoms with van der Waals surface area (Å²) in [6.45, 7) is 0.649. The third-order valence-electron chi connectivity index (χ3n) is 4.60. The number of nitrogens with two attached hydrogens (primary N) is 1. The van der Waals surface area contributed by atoms with E-state index in [2.05, 4.69) is 4.98 Å². The molecule has 2 aromatic rings. The van der Waals surface area contributed by atoms with E-state index < -0.39 is 0 Å². The summed E-state index contributed by atoms with van der Waals surface area (Å²) in [5.41, 5.74) is 7.30. The molecule has 4 nitrogen and oxygen atoms in total. The first-order valence-electron chi connectivity index (χ1n) is 7.53. The van der Waals surface area contributed by atoms with Crippen LogP contribution >= 0.6 is 0 Å². The summed E-state index contributed by atoms with van der Waals surface area (Å²) in [5, 5.41) is 0.999. The van der Waals surface area contributed by atoms with Crippen molar-refractivity contribution in [2.75, 3.05) is 13.6 Å². The predicted octanol–water partition coefficient (Wildman–Crippen LogP) is 2.43. The molecular formula is C17H21N3O. The lowest BCUT2D eigenvalue weighted by atomic mass is 10.0. The van der Waals surface area contributed by atoms with Crippen LogP contribution in [-0.2, 0) is 0 Å². The molecule has 1 aromatic heterocycles. The molecule has 1 aliphatic carbocycles. The fourth-order valence-corrected chi connectivity index (χ4v) is 3.42. The standard InChI is InChI=1S/C17H21N3O/c1-20(15-9-3-6-13(15)11-18)17(21)14-8-2-5-12-7-4-10-19-16(12)14/h2,4-5,7-8,10,13,15H,3,6,9,11,18H2,1H3. The molecule has 0 saturated heterocycles. The molecule has 1 heterocycles. The first-order valence-corrected chi connectivity index (χ1v) is 7.53. The van der Waals surface area contributed by atoms with Crippen molar-refractivity contribution in [1.29, 1.82) is 0 Å². The SMILES string of the molecule is CN(C(=O)c1cccc2cccnc12)C1CCCC1CN. The summed E-state index contributed by atoms with van der Waals surface area (Å²) in [6, 6.07) is 9.89. The highest BCUT2D eigenvalue weighted by atomic mass is 16.2. The number of nitrogens with zero attached hydrogens (tertiary/aromatic N) is 2. The van der Waals surface area contributed by atoms with Gasteiger partial charge in [-0.25, -0.2) is 0 Å². The molecule has 0 aliphatic heterocycles. The van der Waals surface area contributed by atoms with Crippen LogP contribution in [0.1, 0.15) is 29.6 Å². The van der Waals surface area contributed by atoms with Gasteiger partial charge >= 0.3 is 0 Å². The van der Waals surface area contributed by atoms with Gasteiger partial charge in [-0.2, -0.15) is 0 Å². The van der Waals surface area contributed by atoms with Gasteiger partial charge in [-0.05, 0) is 37.4 Å². The van der Waals surface area contributed by atoms with Gasteiger partial charge in [-0.15, -0.1) is 0 Å². The van der Waals surface area contributed by atoms with E-state index in [9.17, 15) is 4.79 Å². The third kappa shape index (κ3) is 2.51. The van der Waals surface area contributed by atoms with E-state index in [1.54, 1.807) is 6.20 Å². The average molecular weight is 283 g/mol. The second kappa shape index (κ2) is 5.82. The molecule has 2 N–H and O–H groups in total. The largest absolute Gasteiger partial charge is 0.338 e. The van der Waals surface area contributed by atoms with Crippen molar-refractivity contribution in [2.45, 2.75) is 25.3 Å². The Kier molecular flexibility index (Phi) is 3.88. The Balaban J connectivity index is 1.93. The lowest BCUT2D eigenvalue weighted by molar-refractivity contribution is 0.0701. The Hall–Kier alpha value is -1.94. The molecule has 2 atom stereocenters. The van der Waals surface area contributed by atoms with Gasteiger partial charge in [0.25, 0.3) is 5.91 Å². The second-order valence-electron chi connectivity index (χ2n) is 5.79. The molecule has 1 amide bonds. The average Bonchev–Trinajstić information content (AvgIpc) is 3.01. The van der Waals surface area contributed by atoms with Crippen molar-refractivity contribution in [3.8, 4) is 0 Å². The predicted molar refractivity (Wildman–Crippen MR) is 84.0 cm³/mol. The molecule has 2 unspecified atom stereocenters. The molecule has 21 heavy (non-hydrogen) atoms. The van der Waals surface area contributed by atoms with Gasteiger partial charge in [0, 0.05) is 24.7 Å². The lowest BCUT2D eigenvalue weighted by Gasteiger charge is -2.29. The molecule has 4 heteroatoms. The van der Waals surface area contributed by atoms with Crippen LogP contribution in [0.5, 0.6) is 0 Å². The summed E-state index contributed by atoms with van der Waals surface area (Å²) < 4.78 is 0. The molecule has 3 rings (SSSR count). The smallest absolute Gasteiger partial charge is 0.256 e. The van der Waals surface area contributed by atoms with Crippen LogP contribution in [0.3, 0.4) is 0 Å². The van der Waals surface area contributed by atoms with E-state index in [0.29, 0.717) is 18.0 Å². The van der Waals surface area contributed by atoms with Gasteiger partial charge in [-0.3, -0.25) is 9.78 Å². The van der Waals surface area contributed by atoms with Crippen LogP contribution in [0.2, 0.25) is 0 Å². The molecule has 1 fully saturated rings. The van der Waals surface area contributed by atoms with Crippen molar-refractivity contribution in [2.24, 2.45) is 11.7 Å². The highest BCUT2D eigenvalue weighted by Gasteiger charge is 2.32. The van der Waals surface area contributed by atoms with Crippen molar-refractivity contribution in [3.05, 3.63) is 42.1 Å². The Morgan fingerprint density at radius 2 is 2.14 bits per heavy atom. The Morgan fingerprint density at radius 3 is 2.95 bits per heavy atom. The van der Waals surface area contributed by atoms with E-state index in [4.69, 9.17) is 5.73 Å². The maximum absolute atomic E-state index is 12.9. The molecule has 0 radical (unpaired) electrons. The highest BCUT2D eigenvalue weighted by Crippen LogP contribution is 2.30. The molecule has 1 aliphatic rings. The zero-order valence-corrected chi connectivity index (χ0v) is 12.3. The fraction of sp³-hybridized carbons (Fsp3) is 0.412. The van der Waals surface area contributed by atoms with E-state index >= 15 is 0 Å². The third-order valence-corrected chi connectivity index (χ3v) is 4.60. The van der Waals surface area contributed by atoms with Crippen molar-refractivity contribution < 1.29 is 4.79 Å². The minimum Gasteiger partial charge on any atom is -0.338 e. The Labute approximate surface area is 125 Å². The maximum Gasteiger partial charge on any atom is 0.256 e. The van der Waals surface area contributed by atoms with Gasteiger partial charge < -0.3 is 10.6 Å². The summed E-state index contributed by atoms with van der Waals surface area (Å²) >= 11 is 0. The van der Waals surface area contributed by atoms with Crippen LogP contribution in [0.15, 0.2) is 36.5 Å². The number of para-hydroxylation sites is 1. The summed E-state index contributed by atoms with van der Waals surface area (Å²) in [5.74, 6) is 0.464. The van der Waals surface area contributed by atoms with Gasteiger partial charge in [0.2, 0.25) is 0 Å². The van der Waals surface area contributed by atoms with Gasteiger partial charge in [0.15, 0.2) is 0 Å². The van der Waals surface area contributed by atoms with E-state index in [1.807, 2.05) is 42.3 Å². The van der Waals surface area contributed by atoms with Crippen LogP contribution < -0.4 is 5.73 Å². The topological polar surface area (TPSA) is 59.2 Å². The van der Waals surface area contributed by atoms with Crippen LogP contribution in [0, 0.1) is 5.92 Å². The van der Waals surface area contributed by atoms with Gasteiger partial charge in [-0.1, -0.05) is 24.6 Å². The minimum absolute atomic E-state index is 0.0460. The fourth-order valence-electron chi connectivity index (χ4n) is 3.42. The van der Waals surface area contributed by atoms with Gasteiger partial charge in [0.05, 0.1) is 11.1 Å². The van der Waals surface area contributed by atoms with Crippen LogP contribution in [0.4, 0.5) is 0 Å². The second-order valence-corrected chi connectivity index (χ2v) is 5.79. The van der Waals surface area contributed by atoms with Crippen LogP contribution in [-0.4, -0.2) is 35.4 Å². The lowest BCUT2D eigenvalue weighted by Crippen LogP contribution is -2.41. The number of carbonyl (C=O) groups is 1. The van der Waals surface area contributed by atoms with Crippen LogP contribution in [0.25, 0.3) is 10.9 Å². The Morgan fingerprint density at radius 1 is 1.33 bits per heavy atom. The van der Waals surface area contributed by atoms with Crippen molar-refractivity contribution >= 4 is 16.8 Å². The number of fused-ring (bicyclic) bond motifs is 1. The van der Waals surface area contributed by atoms with Crippen molar-refractivity contribution in [1.82, 2.24) is 9.88 Å². The number of aromatic nitrogens is 1. The summed E-state index contributed by atoms with van der Waals surface area (Å²) in [6.07, 6.45) is 5.05. The normalized spacial score (nSPS) is 21.6. The highest BCUT2D eigenvalue weighted by molar-refractivity contribution is 6.05. The zero-order chi connectivity index (χ0) is 14.8. The number of amides is 1. The monoisotopic (exact) mass is 283 g/mol. The summed E-state index contributed by atoms with van der Waals surface area (Å²) in [4.78, 5) is 19.1.